The van der Waals surface area contributed by atoms with E-state index < -0.39 is 10.0 Å². The van der Waals surface area contributed by atoms with E-state index in [-0.39, 0.29) is 29.3 Å². The summed E-state index contributed by atoms with van der Waals surface area (Å²) in [4.78, 5) is 0.158. The summed E-state index contributed by atoms with van der Waals surface area (Å²) >= 11 is 0. The molecule has 0 aliphatic heterocycles. The van der Waals surface area contributed by atoms with Crippen LogP contribution in [0.2, 0.25) is 0 Å². The predicted octanol–water partition coefficient (Wildman–Crippen LogP) is 1.12. The minimum atomic E-state index is -3.57. The zero-order chi connectivity index (χ0) is 13.3. The van der Waals surface area contributed by atoms with Crippen LogP contribution < -0.4 is 10.5 Å². The molecule has 110 valence electrons. The summed E-state index contributed by atoms with van der Waals surface area (Å²) < 4.78 is 32.2. The third kappa shape index (κ3) is 3.28. The molecule has 1 aromatic rings. The zero-order valence-electron chi connectivity index (χ0n) is 11.0. The van der Waals surface area contributed by atoms with Crippen LogP contribution >= 0.6 is 12.4 Å². The lowest BCUT2D eigenvalue weighted by atomic mass is 10.1. The summed E-state index contributed by atoms with van der Waals surface area (Å²) in [5.74, 6) is 0.544. The van der Waals surface area contributed by atoms with Gasteiger partial charge in [-0.3, -0.25) is 0 Å². The van der Waals surface area contributed by atoms with Gasteiger partial charge in [-0.1, -0.05) is 11.6 Å². The Balaban J connectivity index is 0.00000180. The molecule has 1 aliphatic carbocycles. The van der Waals surface area contributed by atoms with Gasteiger partial charge in [-0.05, 0) is 39.2 Å². The van der Waals surface area contributed by atoms with Gasteiger partial charge in [0, 0.05) is 6.04 Å². The van der Waals surface area contributed by atoms with Crippen LogP contribution in [0.25, 0.3) is 0 Å². The van der Waals surface area contributed by atoms with Crippen LogP contribution in [0.5, 0.6) is 0 Å². The third-order valence-electron chi connectivity index (χ3n) is 3.50. The van der Waals surface area contributed by atoms with Crippen LogP contribution in [0.1, 0.15) is 30.7 Å². The average molecular weight is 310 g/mol. The van der Waals surface area contributed by atoms with Crippen LogP contribution in [-0.4, -0.2) is 26.2 Å². The van der Waals surface area contributed by atoms with Gasteiger partial charge in [0.2, 0.25) is 10.0 Å². The van der Waals surface area contributed by atoms with Crippen molar-refractivity contribution in [1.29, 1.82) is 0 Å². The molecule has 2 rings (SSSR count). The lowest BCUT2D eigenvalue weighted by Crippen LogP contribution is -2.40. The highest BCUT2D eigenvalue weighted by Gasteiger charge is 2.32. The van der Waals surface area contributed by atoms with Crippen LogP contribution in [0, 0.1) is 19.8 Å². The summed E-state index contributed by atoms with van der Waals surface area (Å²) in [6, 6.07) is -0.0753. The van der Waals surface area contributed by atoms with Crippen molar-refractivity contribution in [2.45, 2.75) is 44.0 Å². The largest absolute Gasteiger partial charge is 0.360 e. The number of hydrogen-bond acceptors (Lipinski definition) is 5. The van der Waals surface area contributed by atoms with Gasteiger partial charge in [-0.15, -0.1) is 12.4 Å². The smallest absolute Gasteiger partial charge is 0.246 e. The highest BCUT2D eigenvalue weighted by Crippen LogP contribution is 2.27. The number of nitrogens with zero attached hydrogens (tertiary/aromatic N) is 1. The molecule has 19 heavy (non-hydrogen) atoms. The van der Waals surface area contributed by atoms with Crippen molar-refractivity contribution >= 4 is 22.4 Å². The first-order chi connectivity index (χ1) is 8.45. The Hall–Kier alpha value is -0.630. The van der Waals surface area contributed by atoms with E-state index in [1.807, 2.05) is 0 Å². The number of sulfonamides is 1. The third-order valence-corrected chi connectivity index (χ3v) is 5.24. The summed E-state index contributed by atoms with van der Waals surface area (Å²) in [7, 11) is -3.57. The fourth-order valence-electron chi connectivity index (χ4n) is 2.59. The fraction of sp³-hybridized carbons (Fsp3) is 0.727. The number of halogens is 1. The van der Waals surface area contributed by atoms with Crippen molar-refractivity contribution < 1.29 is 12.9 Å². The van der Waals surface area contributed by atoms with Gasteiger partial charge < -0.3 is 10.3 Å². The number of nitrogens with two attached hydrogens (primary N) is 1. The molecule has 1 fully saturated rings. The minimum Gasteiger partial charge on any atom is -0.360 e. The predicted molar refractivity (Wildman–Crippen MR) is 73.7 cm³/mol. The van der Waals surface area contributed by atoms with E-state index >= 15 is 0 Å². The molecular weight excluding hydrogens is 290 g/mol. The minimum absolute atomic E-state index is 0. The number of rotatable bonds is 4. The van der Waals surface area contributed by atoms with Crippen molar-refractivity contribution in [3.05, 3.63) is 11.5 Å². The van der Waals surface area contributed by atoms with E-state index in [0.29, 0.717) is 18.0 Å². The molecule has 2 atom stereocenters. The van der Waals surface area contributed by atoms with Crippen molar-refractivity contribution in [3.63, 3.8) is 0 Å². The molecule has 0 saturated heterocycles. The van der Waals surface area contributed by atoms with Gasteiger partial charge in [-0.25, -0.2) is 13.1 Å². The molecule has 1 saturated carbocycles. The number of hydrogen-bond donors (Lipinski definition) is 2. The SMILES string of the molecule is Cc1noc(C)c1S(=O)(=O)NC1CCCC1CN.Cl. The first kappa shape index (κ1) is 16.4. The van der Waals surface area contributed by atoms with Crippen LogP contribution in [0.15, 0.2) is 9.42 Å². The van der Waals surface area contributed by atoms with E-state index in [9.17, 15) is 8.42 Å². The maximum atomic E-state index is 12.3. The van der Waals surface area contributed by atoms with Gasteiger partial charge in [0.15, 0.2) is 5.76 Å². The molecule has 8 heteroatoms. The van der Waals surface area contributed by atoms with Crippen molar-refractivity contribution in [2.24, 2.45) is 11.7 Å². The molecule has 2 unspecified atom stereocenters. The van der Waals surface area contributed by atoms with Crippen LogP contribution in [-0.2, 0) is 10.0 Å². The Bertz CT molecular complexity index is 510. The zero-order valence-corrected chi connectivity index (χ0v) is 12.7. The van der Waals surface area contributed by atoms with E-state index in [4.69, 9.17) is 10.3 Å². The molecule has 1 heterocycles. The Morgan fingerprint density at radius 3 is 2.63 bits per heavy atom. The Kier molecular flexibility index (Phi) is 5.37. The fourth-order valence-corrected chi connectivity index (χ4v) is 4.26. The van der Waals surface area contributed by atoms with E-state index in [0.717, 1.165) is 19.3 Å². The molecule has 0 spiro atoms. The molecular formula is C11H20ClN3O3S. The van der Waals surface area contributed by atoms with E-state index in [2.05, 4.69) is 9.88 Å². The molecule has 0 aromatic carbocycles. The van der Waals surface area contributed by atoms with Gasteiger partial charge >= 0.3 is 0 Å². The molecule has 0 radical (unpaired) electrons. The van der Waals surface area contributed by atoms with E-state index in [1.165, 1.54) is 0 Å². The lowest BCUT2D eigenvalue weighted by Gasteiger charge is -2.19. The topological polar surface area (TPSA) is 98.2 Å². The lowest BCUT2D eigenvalue weighted by molar-refractivity contribution is 0.390. The van der Waals surface area contributed by atoms with Gasteiger partial charge in [0.25, 0.3) is 0 Å². The summed E-state index contributed by atoms with van der Waals surface area (Å²) in [6.07, 6.45) is 2.83. The number of nitrogens with one attached hydrogen (secondary N) is 1. The molecule has 3 N–H and O–H groups in total. The standard InChI is InChI=1S/C11H19N3O3S.ClH/c1-7-11(8(2)17-13-7)18(15,16)14-10-5-3-4-9(10)6-12;/h9-10,14H,3-6,12H2,1-2H3;1H. The summed E-state index contributed by atoms with van der Waals surface area (Å²) in [5, 5.41) is 3.68. The Morgan fingerprint density at radius 2 is 2.11 bits per heavy atom. The van der Waals surface area contributed by atoms with Crippen LogP contribution in [0.3, 0.4) is 0 Å². The Labute approximate surface area is 119 Å². The van der Waals surface area contributed by atoms with Gasteiger partial charge in [0.1, 0.15) is 10.6 Å². The molecule has 0 bridgehead atoms. The molecule has 1 aliphatic rings. The van der Waals surface area contributed by atoms with Crippen LogP contribution in [0.4, 0.5) is 0 Å². The van der Waals surface area contributed by atoms with Crippen molar-refractivity contribution in [3.8, 4) is 0 Å². The van der Waals surface area contributed by atoms with Gasteiger partial charge in [0.05, 0.1) is 0 Å². The van der Waals surface area contributed by atoms with E-state index in [1.54, 1.807) is 13.8 Å². The average Bonchev–Trinajstić information content (AvgIpc) is 2.85. The second-order valence-corrected chi connectivity index (χ2v) is 6.46. The maximum Gasteiger partial charge on any atom is 0.246 e. The normalized spacial score (nSPS) is 23.3. The number of aromatic nitrogens is 1. The maximum absolute atomic E-state index is 12.3. The molecule has 0 amide bonds. The highest BCUT2D eigenvalue weighted by atomic mass is 35.5. The number of aryl methyl sites for hydroxylation is 2. The highest BCUT2D eigenvalue weighted by molar-refractivity contribution is 7.89. The summed E-state index contributed by atoms with van der Waals surface area (Å²) in [6.45, 7) is 3.73. The van der Waals surface area contributed by atoms with Crippen molar-refractivity contribution in [1.82, 2.24) is 9.88 Å². The van der Waals surface area contributed by atoms with Crippen molar-refractivity contribution in [2.75, 3.05) is 6.54 Å². The first-order valence-corrected chi connectivity index (χ1v) is 7.59. The summed E-state index contributed by atoms with van der Waals surface area (Å²) in [5.41, 5.74) is 6.05. The quantitative estimate of drug-likeness (QED) is 0.868. The first-order valence-electron chi connectivity index (χ1n) is 6.11. The molecule has 1 aromatic heterocycles. The Morgan fingerprint density at radius 1 is 1.42 bits per heavy atom. The van der Waals surface area contributed by atoms with Gasteiger partial charge in [-0.2, -0.15) is 0 Å². The molecule has 6 nitrogen and oxygen atoms in total. The monoisotopic (exact) mass is 309 g/mol. The second-order valence-electron chi connectivity index (χ2n) is 4.81. The second kappa shape index (κ2) is 6.21.